The standard InChI is InChI=1S/C23H29F3N2O5/c1-30-18-12-31-4-2-15(18)6-14-7-19-22(9-14,3-5-32-19)21(29)28-11-16-8-17(23(24,25)26)10-27-20(16)33-13-28/h8,10,14-15,18-19H,2-7,9,11-13H2,1H3/t14-,15-,18-,19-,22-/m1/s1. The molecule has 0 unspecified atom stereocenters. The van der Waals surface area contributed by atoms with E-state index in [1.807, 2.05) is 0 Å². The molecule has 0 aromatic carbocycles. The maximum Gasteiger partial charge on any atom is 0.417 e. The van der Waals surface area contributed by atoms with Crippen LogP contribution >= 0.6 is 0 Å². The van der Waals surface area contributed by atoms with Crippen molar-refractivity contribution in [2.24, 2.45) is 17.3 Å². The molecule has 182 valence electrons. The van der Waals surface area contributed by atoms with E-state index in [0.717, 1.165) is 38.1 Å². The number of hydrogen-bond donors (Lipinski definition) is 0. The highest BCUT2D eigenvalue weighted by atomic mass is 19.4. The number of methoxy groups -OCH3 is 1. The highest BCUT2D eigenvalue weighted by Gasteiger charge is 2.58. The molecule has 0 radical (unpaired) electrons. The van der Waals surface area contributed by atoms with Gasteiger partial charge < -0.3 is 23.8 Å². The predicted molar refractivity (Wildman–Crippen MR) is 109 cm³/mol. The molecule has 5 rings (SSSR count). The number of carbonyl (C=O) groups is 1. The van der Waals surface area contributed by atoms with Gasteiger partial charge in [0.25, 0.3) is 0 Å². The summed E-state index contributed by atoms with van der Waals surface area (Å²) in [5, 5.41) is 0. The molecule has 1 amide bonds. The van der Waals surface area contributed by atoms with Crippen molar-refractivity contribution < 1.29 is 36.9 Å². The molecule has 33 heavy (non-hydrogen) atoms. The molecule has 7 nitrogen and oxygen atoms in total. The number of amides is 1. The molecule has 1 saturated carbocycles. The van der Waals surface area contributed by atoms with Crippen LogP contribution in [0.15, 0.2) is 12.3 Å². The molecule has 3 fully saturated rings. The van der Waals surface area contributed by atoms with E-state index < -0.39 is 17.2 Å². The number of hydrogen-bond acceptors (Lipinski definition) is 6. The van der Waals surface area contributed by atoms with Gasteiger partial charge in [0.05, 0.1) is 36.3 Å². The topological polar surface area (TPSA) is 70.1 Å². The van der Waals surface area contributed by atoms with Crippen LogP contribution in [0, 0.1) is 17.3 Å². The SMILES string of the molecule is CO[C@@H]1COCC[C@@H]1C[C@@H]1C[C@H]2OCC[C@@]2(C(=O)N2COc3ncc(C(F)(F)F)cc3C2)C1. The zero-order valence-corrected chi connectivity index (χ0v) is 18.6. The monoisotopic (exact) mass is 470 g/mol. The van der Waals surface area contributed by atoms with Gasteiger partial charge in [-0.3, -0.25) is 4.79 Å². The first-order valence-electron chi connectivity index (χ1n) is 11.5. The lowest BCUT2D eigenvalue weighted by Gasteiger charge is -2.36. The number of fused-ring (bicyclic) bond motifs is 2. The summed E-state index contributed by atoms with van der Waals surface area (Å²) >= 11 is 0. The Labute approximate surface area is 190 Å². The summed E-state index contributed by atoms with van der Waals surface area (Å²) in [4.78, 5) is 19.1. The second kappa shape index (κ2) is 8.70. The van der Waals surface area contributed by atoms with Gasteiger partial charge in [-0.1, -0.05) is 0 Å². The highest BCUT2D eigenvalue weighted by Crippen LogP contribution is 2.53. The molecule has 4 aliphatic rings. The second-order valence-electron chi connectivity index (χ2n) is 9.67. The van der Waals surface area contributed by atoms with E-state index in [9.17, 15) is 18.0 Å². The zero-order chi connectivity index (χ0) is 23.2. The highest BCUT2D eigenvalue weighted by molar-refractivity contribution is 5.84. The van der Waals surface area contributed by atoms with Gasteiger partial charge >= 0.3 is 6.18 Å². The van der Waals surface area contributed by atoms with Crippen LogP contribution in [-0.4, -0.2) is 61.7 Å². The Bertz CT molecular complexity index is 897. The molecule has 4 heterocycles. The first kappa shape index (κ1) is 22.9. The summed E-state index contributed by atoms with van der Waals surface area (Å²) in [6.45, 7) is 1.87. The van der Waals surface area contributed by atoms with E-state index in [0.29, 0.717) is 37.9 Å². The third kappa shape index (κ3) is 4.21. The molecule has 1 aliphatic carbocycles. The van der Waals surface area contributed by atoms with Crippen LogP contribution in [0.2, 0.25) is 0 Å². The first-order valence-corrected chi connectivity index (χ1v) is 11.5. The molecule has 5 atom stereocenters. The molecule has 2 saturated heterocycles. The van der Waals surface area contributed by atoms with Gasteiger partial charge in [-0.2, -0.15) is 13.2 Å². The number of alkyl halides is 3. The average molecular weight is 470 g/mol. The van der Waals surface area contributed by atoms with Crippen molar-refractivity contribution in [1.29, 1.82) is 0 Å². The number of rotatable bonds is 4. The Hall–Kier alpha value is -1.91. The Morgan fingerprint density at radius 2 is 2.21 bits per heavy atom. The van der Waals surface area contributed by atoms with Crippen molar-refractivity contribution in [2.75, 3.05) is 33.7 Å². The number of aromatic nitrogens is 1. The predicted octanol–water partition coefficient (Wildman–Crippen LogP) is 3.41. The van der Waals surface area contributed by atoms with Gasteiger partial charge in [-0.05, 0) is 50.0 Å². The maximum atomic E-state index is 13.7. The van der Waals surface area contributed by atoms with Gasteiger partial charge in [0, 0.05) is 32.1 Å². The van der Waals surface area contributed by atoms with Crippen molar-refractivity contribution in [3.63, 3.8) is 0 Å². The Balaban J connectivity index is 1.31. The van der Waals surface area contributed by atoms with E-state index in [2.05, 4.69) is 4.98 Å². The lowest BCUT2D eigenvalue weighted by atomic mass is 9.78. The van der Waals surface area contributed by atoms with Crippen LogP contribution in [0.25, 0.3) is 0 Å². The van der Waals surface area contributed by atoms with Gasteiger partial charge in [0.2, 0.25) is 11.8 Å². The van der Waals surface area contributed by atoms with Gasteiger partial charge in [0.1, 0.15) is 0 Å². The molecule has 1 aromatic heterocycles. The fraction of sp³-hybridized carbons (Fsp3) is 0.739. The summed E-state index contributed by atoms with van der Waals surface area (Å²) in [7, 11) is 1.71. The molecule has 10 heteroatoms. The number of halogens is 3. The van der Waals surface area contributed by atoms with Crippen molar-refractivity contribution in [2.45, 2.75) is 57.0 Å². The third-order valence-corrected chi connectivity index (χ3v) is 7.75. The third-order valence-electron chi connectivity index (χ3n) is 7.75. The first-order chi connectivity index (χ1) is 15.8. The fourth-order valence-electron chi connectivity index (χ4n) is 6.09. The largest absolute Gasteiger partial charge is 0.456 e. The van der Waals surface area contributed by atoms with Crippen LogP contribution in [0.1, 0.15) is 43.2 Å². The molecule has 3 aliphatic heterocycles. The van der Waals surface area contributed by atoms with E-state index in [-0.39, 0.29) is 42.8 Å². The van der Waals surface area contributed by atoms with Gasteiger partial charge in [-0.15, -0.1) is 0 Å². The summed E-state index contributed by atoms with van der Waals surface area (Å²) in [6.07, 6.45) is 0.201. The normalized spacial score (nSPS) is 34.0. The summed E-state index contributed by atoms with van der Waals surface area (Å²) in [5.41, 5.74) is -1.21. The molecular weight excluding hydrogens is 441 g/mol. The van der Waals surface area contributed by atoms with Gasteiger partial charge in [0.15, 0.2) is 6.73 Å². The van der Waals surface area contributed by atoms with Crippen molar-refractivity contribution in [3.8, 4) is 5.88 Å². The minimum atomic E-state index is -4.50. The zero-order valence-electron chi connectivity index (χ0n) is 18.6. The second-order valence-corrected chi connectivity index (χ2v) is 9.67. The summed E-state index contributed by atoms with van der Waals surface area (Å²) in [5.74, 6) is 0.775. The van der Waals surface area contributed by atoms with E-state index in [4.69, 9.17) is 18.9 Å². The van der Waals surface area contributed by atoms with E-state index >= 15 is 0 Å². The molecule has 1 aromatic rings. The van der Waals surface area contributed by atoms with Crippen LogP contribution in [-0.2, 0) is 31.7 Å². The lowest BCUT2D eigenvalue weighted by Crippen LogP contribution is -2.48. The average Bonchev–Trinajstić information content (AvgIpc) is 3.35. The minimum absolute atomic E-state index is 0.0188. The van der Waals surface area contributed by atoms with Crippen LogP contribution in [0.3, 0.4) is 0 Å². The van der Waals surface area contributed by atoms with Crippen LogP contribution in [0.5, 0.6) is 5.88 Å². The van der Waals surface area contributed by atoms with E-state index in [1.165, 1.54) is 4.90 Å². The minimum Gasteiger partial charge on any atom is -0.456 e. The maximum absolute atomic E-state index is 13.7. The molecule has 0 bridgehead atoms. The number of pyridine rings is 1. The Morgan fingerprint density at radius 3 is 3.00 bits per heavy atom. The van der Waals surface area contributed by atoms with E-state index in [1.54, 1.807) is 7.11 Å². The Kier molecular flexibility index (Phi) is 6.03. The van der Waals surface area contributed by atoms with Crippen LogP contribution < -0.4 is 4.74 Å². The van der Waals surface area contributed by atoms with Gasteiger partial charge in [-0.25, -0.2) is 4.98 Å². The summed E-state index contributed by atoms with van der Waals surface area (Å²) in [6, 6.07) is 1.02. The Morgan fingerprint density at radius 1 is 1.36 bits per heavy atom. The fourth-order valence-corrected chi connectivity index (χ4v) is 6.09. The smallest absolute Gasteiger partial charge is 0.417 e. The number of ether oxygens (including phenoxy) is 4. The van der Waals surface area contributed by atoms with Crippen molar-refractivity contribution in [1.82, 2.24) is 9.88 Å². The van der Waals surface area contributed by atoms with Crippen LogP contribution in [0.4, 0.5) is 13.2 Å². The van der Waals surface area contributed by atoms with Crippen molar-refractivity contribution in [3.05, 3.63) is 23.4 Å². The molecule has 0 spiro atoms. The number of nitrogens with zero attached hydrogens (tertiary/aromatic N) is 2. The number of carbonyl (C=O) groups excluding carboxylic acids is 1. The molecular formula is C23H29F3N2O5. The lowest BCUT2D eigenvalue weighted by molar-refractivity contribution is -0.149. The quantitative estimate of drug-likeness (QED) is 0.672. The molecule has 0 N–H and O–H groups in total. The van der Waals surface area contributed by atoms with Crippen molar-refractivity contribution >= 4 is 5.91 Å². The summed E-state index contributed by atoms with van der Waals surface area (Å²) < 4.78 is 62.1.